The summed E-state index contributed by atoms with van der Waals surface area (Å²) in [5, 5.41) is 0. The first kappa shape index (κ1) is 19.2. The number of carbonyl (C=O) groups excluding carboxylic acids is 1. The number of hydrogen-bond acceptors (Lipinski definition) is 2. The highest BCUT2D eigenvalue weighted by Gasteiger charge is 2.44. The second kappa shape index (κ2) is 8.71. The second-order valence-electron chi connectivity index (χ2n) is 6.44. The normalized spacial score (nSPS) is 26.3. The van der Waals surface area contributed by atoms with Crippen LogP contribution in [0.5, 0.6) is 0 Å². The molecule has 0 spiro atoms. The van der Waals surface area contributed by atoms with Crippen molar-refractivity contribution >= 4 is 21.7 Å². The van der Waals surface area contributed by atoms with Gasteiger partial charge in [0.1, 0.15) is 5.76 Å². The minimum absolute atomic E-state index is 0.189. The summed E-state index contributed by atoms with van der Waals surface area (Å²) in [7, 11) is 0. The fraction of sp³-hybridized carbons (Fsp3) is 0.632. The third-order valence-corrected chi connectivity index (χ3v) is 5.57. The maximum atomic E-state index is 12.8. The number of halogens is 1. The van der Waals surface area contributed by atoms with Crippen LogP contribution in [0.1, 0.15) is 59.8 Å². The van der Waals surface area contributed by atoms with E-state index in [0.29, 0.717) is 17.0 Å². The zero-order chi connectivity index (χ0) is 16.8. The number of allylic oxidation sites excluding steroid dienone is 5. The molecule has 0 heterocycles. The standard InChI is InChI=1S/C19H29BrO2/c1-6-8-9-10-14(3)11-12-19(5)15(4)13-16(22-7-2)17(20)18(19)21/h6,10,15H,1,7-9,11-13H2,2-5H3/b14-10+/t15-,19+/m1/s1. The van der Waals surface area contributed by atoms with Gasteiger partial charge in [0.25, 0.3) is 0 Å². The van der Waals surface area contributed by atoms with E-state index < -0.39 is 0 Å². The maximum absolute atomic E-state index is 12.8. The number of ether oxygens (including phenoxy) is 1. The summed E-state index contributed by atoms with van der Waals surface area (Å²) in [5.41, 5.74) is 1.05. The van der Waals surface area contributed by atoms with Gasteiger partial charge in [-0.05, 0) is 61.4 Å². The van der Waals surface area contributed by atoms with Gasteiger partial charge in [0.05, 0.1) is 11.1 Å². The van der Waals surface area contributed by atoms with Gasteiger partial charge in [0, 0.05) is 11.8 Å². The van der Waals surface area contributed by atoms with Crippen molar-refractivity contribution in [1.29, 1.82) is 0 Å². The molecule has 0 aromatic carbocycles. The van der Waals surface area contributed by atoms with Crippen LogP contribution in [0, 0.1) is 11.3 Å². The molecule has 1 rings (SSSR count). The first-order valence-electron chi connectivity index (χ1n) is 8.19. The van der Waals surface area contributed by atoms with Gasteiger partial charge < -0.3 is 4.74 Å². The largest absolute Gasteiger partial charge is 0.497 e. The fourth-order valence-electron chi connectivity index (χ4n) is 2.86. The smallest absolute Gasteiger partial charge is 0.179 e. The number of rotatable bonds is 8. The van der Waals surface area contributed by atoms with Gasteiger partial charge in [0.2, 0.25) is 0 Å². The average molecular weight is 369 g/mol. The van der Waals surface area contributed by atoms with E-state index >= 15 is 0 Å². The van der Waals surface area contributed by atoms with Gasteiger partial charge in [0.15, 0.2) is 5.78 Å². The van der Waals surface area contributed by atoms with Crippen LogP contribution in [0.25, 0.3) is 0 Å². The molecule has 0 radical (unpaired) electrons. The van der Waals surface area contributed by atoms with E-state index in [1.807, 2.05) is 13.0 Å². The molecule has 0 aromatic heterocycles. The highest BCUT2D eigenvalue weighted by atomic mass is 79.9. The monoisotopic (exact) mass is 368 g/mol. The van der Waals surface area contributed by atoms with Crippen LogP contribution >= 0.6 is 15.9 Å². The number of Topliss-reactive ketones (excluding diaryl/α,β-unsaturated/α-hetero) is 1. The Hall–Kier alpha value is -0.830. The molecule has 0 saturated carbocycles. The molecular weight excluding hydrogens is 340 g/mol. The van der Waals surface area contributed by atoms with Crippen molar-refractivity contribution in [2.75, 3.05) is 6.61 Å². The molecule has 0 bridgehead atoms. The van der Waals surface area contributed by atoms with Crippen molar-refractivity contribution in [2.24, 2.45) is 11.3 Å². The van der Waals surface area contributed by atoms with E-state index in [1.54, 1.807) is 0 Å². The molecule has 1 aliphatic rings. The van der Waals surface area contributed by atoms with Crippen LogP contribution in [0.15, 0.2) is 34.5 Å². The highest BCUT2D eigenvalue weighted by molar-refractivity contribution is 9.12. The predicted octanol–water partition coefficient (Wildman–Crippen LogP) is 5.94. The van der Waals surface area contributed by atoms with E-state index in [1.165, 1.54) is 5.57 Å². The van der Waals surface area contributed by atoms with Crippen LogP contribution in [0.2, 0.25) is 0 Å². The molecule has 0 unspecified atom stereocenters. The Morgan fingerprint density at radius 2 is 2.18 bits per heavy atom. The predicted molar refractivity (Wildman–Crippen MR) is 96.9 cm³/mol. The number of carbonyl (C=O) groups is 1. The topological polar surface area (TPSA) is 26.3 Å². The molecule has 0 aromatic rings. The van der Waals surface area contributed by atoms with Crippen LogP contribution in [-0.4, -0.2) is 12.4 Å². The average Bonchev–Trinajstić information content (AvgIpc) is 2.49. The third kappa shape index (κ3) is 4.58. The third-order valence-electron chi connectivity index (χ3n) is 4.76. The Kier molecular flexibility index (Phi) is 7.61. The van der Waals surface area contributed by atoms with Crippen LogP contribution in [0.3, 0.4) is 0 Å². The lowest BCUT2D eigenvalue weighted by atomic mass is 9.66. The number of unbranched alkanes of at least 4 members (excludes halogenated alkanes) is 1. The van der Waals surface area contributed by atoms with Gasteiger partial charge in [-0.2, -0.15) is 0 Å². The minimum Gasteiger partial charge on any atom is -0.497 e. The lowest BCUT2D eigenvalue weighted by Gasteiger charge is -2.39. The number of ketones is 1. The van der Waals surface area contributed by atoms with Crippen molar-refractivity contribution in [3.05, 3.63) is 34.5 Å². The van der Waals surface area contributed by atoms with Crippen LogP contribution in [-0.2, 0) is 9.53 Å². The molecule has 3 heteroatoms. The summed E-state index contributed by atoms with van der Waals surface area (Å²) >= 11 is 3.46. The summed E-state index contributed by atoms with van der Waals surface area (Å²) in [4.78, 5) is 12.8. The van der Waals surface area contributed by atoms with Crippen LogP contribution in [0.4, 0.5) is 0 Å². The molecule has 1 aliphatic carbocycles. The highest BCUT2D eigenvalue weighted by Crippen LogP contribution is 2.46. The summed E-state index contributed by atoms with van der Waals surface area (Å²) < 4.78 is 6.25. The summed E-state index contributed by atoms with van der Waals surface area (Å²) in [6, 6.07) is 0. The van der Waals surface area contributed by atoms with Gasteiger partial charge in [-0.25, -0.2) is 0 Å². The second-order valence-corrected chi connectivity index (χ2v) is 7.23. The van der Waals surface area contributed by atoms with Crippen molar-refractivity contribution < 1.29 is 9.53 Å². The molecule has 0 amide bonds. The van der Waals surface area contributed by atoms with Crippen molar-refractivity contribution in [3.63, 3.8) is 0 Å². The minimum atomic E-state index is -0.313. The van der Waals surface area contributed by atoms with Gasteiger partial charge in [-0.3, -0.25) is 4.79 Å². The molecule has 0 aliphatic heterocycles. The summed E-state index contributed by atoms with van der Waals surface area (Å²) in [6.45, 7) is 12.7. The summed E-state index contributed by atoms with van der Waals surface area (Å²) in [6.07, 6.45) is 8.93. The molecule has 124 valence electrons. The zero-order valence-corrected chi connectivity index (χ0v) is 16.0. The van der Waals surface area contributed by atoms with E-state index in [2.05, 4.69) is 49.4 Å². The number of hydrogen-bond donors (Lipinski definition) is 0. The molecule has 0 N–H and O–H groups in total. The molecular formula is C19H29BrO2. The Bertz CT molecular complexity index is 476. The molecule has 0 saturated heterocycles. The van der Waals surface area contributed by atoms with Gasteiger partial charge in [-0.15, -0.1) is 6.58 Å². The van der Waals surface area contributed by atoms with Crippen LogP contribution < -0.4 is 0 Å². The molecule has 2 nitrogen and oxygen atoms in total. The molecule has 2 atom stereocenters. The lowest BCUT2D eigenvalue weighted by molar-refractivity contribution is -0.127. The van der Waals surface area contributed by atoms with E-state index in [0.717, 1.165) is 37.9 Å². The van der Waals surface area contributed by atoms with E-state index in [-0.39, 0.29) is 11.2 Å². The Balaban J connectivity index is 2.78. The Morgan fingerprint density at radius 3 is 2.77 bits per heavy atom. The Morgan fingerprint density at radius 1 is 1.50 bits per heavy atom. The first-order valence-corrected chi connectivity index (χ1v) is 8.98. The molecule has 0 fully saturated rings. The first-order chi connectivity index (χ1) is 10.4. The van der Waals surface area contributed by atoms with E-state index in [4.69, 9.17) is 4.74 Å². The zero-order valence-electron chi connectivity index (χ0n) is 14.4. The lowest BCUT2D eigenvalue weighted by Crippen LogP contribution is -2.39. The van der Waals surface area contributed by atoms with Crippen molar-refractivity contribution in [2.45, 2.75) is 59.8 Å². The molecule has 22 heavy (non-hydrogen) atoms. The van der Waals surface area contributed by atoms with Crippen molar-refractivity contribution in [3.8, 4) is 0 Å². The maximum Gasteiger partial charge on any atom is 0.179 e. The van der Waals surface area contributed by atoms with Crippen molar-refractivity contribution in [1.82, 2.24) is 0 Å². The SMILES string of the molecule is C=CCC/C=C(\C)CC[C@]1(C)C(=O)C(Br)=C(OCC)C[C@H]1C. The Labute approximate surface area is 143 Å². The van der Waals surface area contributed by atoms with Gasteiger partial charge >= 0.3 is 0 Å². The quantitative estimate of drug-likeness (QED) is 0.391. The van der Waals surface area contributed by atoms with Gasteiger partial charge in [-0.1, -0.05) is 31.6 Å². The van der Waals surface area contributed by atoms with E-state index in [9.17, 15) is 4.79 Å². The summed E-state index contributed by atoms with van der Waals surface area (Å²) in [5.74, 6) is 1.30. The fourth-order valence-corrected chi connectivity index (χ4v) is 3.59.